The van der Waals surface area contributed by atoms with Gasteiger partial charge in [0.25, 0.3) is 5.91 Å². The minimum atomic E-state index is -0.752. The van der Waals surface area contributed by atoms with E-state index in [1.165, 1.54) is 0 Å². The molecule has 0 radical (unpaired) electrons. The molecule has 3 aromatic carbocycles. The van der Waals surface area contributed by atoms with Crippen LogP contribution in [0, 0.1) is 0 Å². The minimum absolute atomic E-state index is 0.0811. The Bertz CT molecular complexity index is 1170. The molecule has 0 aliphatic heterocycles. The van der Waals surface area contributed by atoms with Crippen molar-refractivity contribution < 1.29 is 19.1 Å². The Labute approximate surface area is 225 Å². The second-order valence-corrected chi connectivity index (χ2v) is 9.93. The van der Waals surface area contributed by atoms with Crippen LogP contribution in [0.2, 0.25) is 5.02 Å². The van der Waals surface area contributed by atoms with Gasteiger partial charge in [0.1, 0.15) is 17.5 Å². The standard InChI is InChI=1S/C28H30BrClN2O4/c1-19(2)31-28(34)25(15-20-8-5-4-6-9-20)32(17-21-10-7-11-23(14-21)35-3)27(33)18-36-26-13-12-22(29)16-24(26)30/h4-14,16,19,25H,15,17-18H2,1-3H3,(H,31,34)/t25-/m1/s1. The average Bonchev–Trinajstić information content (AvgIpc) is 2.85. The van der Waals surface area contributed by atoms with Crippen molar-refractivity contribution in [3.63, 3.8) is 0 Å². The van der Waals surface area contributed by atoms with Gasteiger partial charge in [0.2, 0.25) is 5.91 Å². The van der Waals surface area contributed by atoms with Crippen LogP contribution in [0.3, 0.4) is 0 Å². The average molecular weight is 574 g/mol. The van der Waals surface area contributed by atoms with Crippen molar-refractivity contribution in [3.8, 4) is 11.5 Å². The normalized spacial score (nSPS) is 11.6. The molecule has 1 N–H and O–H groups in total. The van der Waals surface area contributed by atoms with Crippen LogP contribution in [0.15, 0.2) is 77.3 Å². The van der Waals surface area contributed by atoms with E-state index in [1.54, 1.807) is 30.2 Å². The SMILES string of the molecule is COc1cccc(CN(C(=O)COc2ccc(Br)cc2Cl)[C@H](Cc2ccccc2)C(=O)NC(C)C)c1. The van der Waals surface area contributed by atoms with Crippen molar-refractivity contribution in [2.24, 2.45) is 0 Å². The Morgan fingerprint density at radius 2 is 1.72 bits per heavy atom. The Kier molecular flexibility index (Phi) is 10.2. The molecule has 190 valence electrons. The largest absolute Gasteiger partial charge is 0.497 e. The number of nitrogens with one attached hydrogen (secondary N) is 1. The summed E-state index contributed by atoms with van der Waals surface area (Å²) < 4.78 is 11.9. The summed E-state index contributed by atoms with van der Waals surface area (Å²) in [6.45, 7) is 3.72. The van der Waals surface area contributed by atoms with Crippen LogP contribution in [0.5, 0.6) is 11.5 Å². The molecule has 0 saturated carbocycles. The van der Waals surface area contributed by atoms with Gasteiger partial charge in [-0.05, 0) is 55.3 Å². The fraction of sp³-hybridized carbons (Fsp3) is 0.286. The number of benzene rings is 3. The van der Waals surface area contributed by atoms with Crippen LogP contribution in [-0.2, 0) is 22.6 Å². The van der Waals surface area contributed by atoms with Gasteiger partial charge in [0.05, 0.1) is 12.1 Å². The van der Waals surface area contributed by atoms with Crippen LogP contribution in [0.1, 0.15) is 25.0 Å². The highest BCUT2D eigenvalue weighted by Gasteiger charge is 2.31. The summed E-state index contributed by atoms with van der Waals surface area (Å²) in [6, 6.07) is 21.4. The van der Waals surface area contributed by atoms with Crippen molar-refractivity contribution >= 4 is 39.3 Å². The van der Waals surface area contributed by atoms with E-state index >= 15 is 0 Å². The van der Waals surface area contributed by atoms with Crippen molar-refractivity contribution in [2.75, 3.05) is 13.7 Å². The molecule has 0 aromatic heterocycles. The third-order valence-electron chi connectivity index (χ3n) is 5.43. The molecule has 0 aliphatic carbocycles. The van der Waals surface area contributed by atoms with Gasteiger partial charge in [0, 0.05) is 23.5 Å². The van der Waals surface area contributed by atoms with Crippen molar-refractivity contribution in [2.45, 2.75) is 38.9 Å². The molecular weight excluding hydrogens is 544 g/mol. The lowest BCUT2D eigenvalue weighted by Gasteiger charge is -2.32. The summed E-state index contributed by atoms with van der Waals surface area (Å²) >= 11 is 9.64. The van der Waals surface area contributed by atoms with Gasteiger partial charge in [-0.3, -0.25) is 9.59 Å². The zero-order chi connectivity index (χ0) is 26.1. The zero-order valence-electron chi connectivity index (χ0n) is 20.5. The monoisotopic (exact) mass is 572 g/mol. The predicted molar refractivity (Wildman–Crippen MR) is 145 cm³/mol. The molecule has 0 aliphatic rings. The summed E-state index contributed by atoms with van der Waals surface area (Å²) in [6.07, 6.45) is 0.355. The predicted octanol–water partition coefficient (Wildman–Crippen LogP) is 5.65. The summed E-state index contributed by atoms with van der Waals surface area (Å²) in [5.74, 6) is 0.494. The van der Waals surface area contributed by atoms with Gasteiger partial charge in [-0.15, -0.1) is 0 Å². The lowest BCUT2D eigenvalue weighted by Crippen LogP contribution is -2.52. The molecule has 0 saturated heterocycles. The van der Waals surface area contributed by atoms with Crippen LogP contribution < -0.4 is 14.8 Å². The first-order chi connectivity index (χ1) is 17.3. The van der Waals surface area contributed by atoms with E-state index in [9.17, 15) is 9.59 Å². The number of ether oxygens (including phenoxy) is 2. The highest BCUT2D eigenvalue weighted by molar-refractivity contribution is 9.10. The molecular formula is C28H30BrClN2O4. The number of nitrogens with zero attached hydrogens (tertiary/aromatic N) is 1. The van der Waals surface area contributed by atoms with Crippen molar-refractivity contribution in [1.82, 2.24) is 10.2 Å². The van der Waals surface area contributed by atoms with Crippen molar-refractivity contribution in [1.29, 1.82) is 0 Å². The molecule has 6 nitrogen and oxygen atoms in total. The Balaban J connectivity index is 1.93. The number of carbonyl (C=O) groups excluding carboxylic acids is 2. The summed E-state index contributed by atoms with van der Waals surface area (Å²) in [4.78, 5) is 28.6. The maximum atomic E-state index is 13.6. The first kappa shape index (κ1) is 27.6. The zero-order valence-corrected chi connectivity index (χ0v) is 22.9. The maximum Gasteiger partial charge on any atom is 0.261 e. The fourth-order valence-corrected chi connectivity index (χ4v) is 4.44. The highest BCUT2D eigenvalue weighted by atomic mass is 79.9. The van der Waals surface area contributed by atoms with Gasteiger partial charge in [-0.2, -0.15) is 0 Å². The van der Waals surface area contributed by atoms with Gasteiger partial charge >= 0.3 is 0 Å². The third kappa shape index (κ3) is 8.00. The first-order valence-electron chi connectivity index (χ1n) is 11.6. The molecule has 0 unspecified atom stereocenters. The maximum absolute atomic E-state index is 13.6. The Morgan fingerprint density at radius 1 is 1.00 bits per heavy atom. The summed E-state index contributed by atoms with van der Waals surface area (Å²) in [5.41, 5.74) is 1.78. The van der Waals surface area contributed by atoms with Gasteiger partial charge in [-0.25, -0.2) is 0 Å². The van der Waals surface area contributed by atoms with Crippen LogP contribution in [0.4, 0.5) is 0 Å². The molecule has 8 heteroatoms. The number of halogens is 2. The van der Waals surface area contributed by atoms with Crippen LogP contribution in [0.25, 0.3) is 0 Å². The number of methoxy groups -OCH3 is 1. The summed E-state index contributed by atoms with van der Waals surface area (Å²) in [7, 11) is 1.59. The van der Waals surface area contributed by atoms with Crippen LogP contribution >= 0.6 is 27.5 Å². The number of hydrogen-bond donors (Lipinski definition) is 1. The first-order valence-corrected chi connectivity index (χ1v) is 12.8. The van der Waals surface area contributed by atoms with E-state index in [1.807, 2.05) is 68.4 Å². The second kappa shape index (κ2) is 13.3. The van der Waals surface area contributed by atoms with Gasteiger partial charge in [-0.1, -0.05) is 70.0 Å². The molecule has 36 heavy (non-hydrogen) atoms. The number of rotatable bonds is 11. The van der Waals surface area contributed by atoms with Gasteiger partial charge < -0.3 is 19.7 Å². The van der Waals surface area contributed by atoms with Gasteiger partial charge in [0.15, 0.2) is 6.61 Å². The second-order valence-electron chi connectivity index (χ2n) is 8.61. The molecule has 3 rings (SSSR count). The number of amides is 2. The quantitative estimate of drug-likeness (QED) is 0.322. The van der Waals surface area contributed by atoms with E-state index in [0.717, 1.165) is 15.6 Å². The number of hydrogen-bond acceptors (Lipinski definition) is 4. The smallest absolute Gasteiger partial charge is 0.261 e. The molecule has 0 spiro atoms. The third-order valence-corrected chi connectivity index (χ3v) is 6.22. The lowest BCUT2D eigenvalue weighted by atomic mass is 10.0. The lowest BCUT2D eigenvalue weighted by molar-refractivity contribution is -0.143. The molecule has 0 heterocycles. The van der Waals surface area contributed by atoms with E-state index in [2.05, 4.69) is 21.2 Å². The molecule has 0 fully saturated rings. The number of carbonyl (C=O) groups is 2. The molecule has 1 atom stereocenters. The van der Waals surface area contributed by atoms with E-state index < -0.39 is 6.04 Å². The Morgan fingerprint density at radius 3 is 2.39 bits per heavy atom. The van der Waals surface area contributed by atoms with E-state index in [0.29, 0.717) is 22.9 Å². The topological polar surface area (TPSA) is 67.9 Å². The molecule has 0 bridgehead atoms. The minimum Gasteiger partial charge on any atom is -0.497 e. The van der Waals surface area contributed by atoms with Crippen LogP contribution in [-0.4, -0.2) is 42.5 Å². The summed E-state index contributed by atoms with van der Waals surface area (Å²) in [5, 5.41) is 3.36. The van der Waals surface area contributed by atoms with E-state index in [-0.39, 0.29) is 31.0 Å². The highest BCUT2D eigenvalue weighted by Crippen LogP contribution is 2.28. The Hall–Kier alpha value is -3.03. The molecule has 2 amide bonds. The molecule has 3 aromatic rings. The van der Waals surface area contributed by atoms with E-state index in [4.69, 9.17) is 21.1 Å². The van der Waals surface area contributed by atoms with Crippen molar-refractivity contribution in [3.05, 3.63) is 93.4 Å². The fourth-order valence-electron chi connectivity index (χ4n) is 3.72.